The Morgan fingerprint density at radius 1 is 1.09 bits per heavy atom. The first-order valence-corrected chi connectivity index (χ1v) is 7.65. The summed E-state index contributed by atoms with van der Waals surface area (Å²) in [5.41, 5.74) is 2.88. The van der Waals surface area contributed by atoms with E-state index in [1.165, 1.54) is 0 Å². The van der Waals surface area contributed by atoms with Crippen LogP contribution in [0.1, 0.15) is 17.4 Å². The van der Waals surface area contributed by atoms with Crippen molar-refractivity contribution in [1.29, 1.82) is 0 Å². The van der Waals surface area contributed by atoms with Crippen molar-refractivity contribution >= 4 is 10.9 Å². The van der Waals surface area contributed by atoms with Gasteiger partial charge in [0, 0.05) is 10.9 Å². The van der Waals surface area contributed by atoms with E-state index in [-0.39, 0.29) is 0 Å². The highest BCUT2D eigenvalue weighted by Gasteiger charge is 2.18. The summed E-state index contributed by atoms with van der Waals surface area (Å²) in [5.74, 6) is 0.787. The summed E-state index contributed by atoms with van der Waals surface area (Å²) >= 11 is 0. The Morgan fingerprint density at radius 2 is 1.78 bits per heavy atom. The molecular formula is C19H22N2O2. The largest absolute Gasteiger partial charge is 0.497 e. The van der Waals surface area contributed by atoms with Gasteiger partial charge in [-0.05, 0) is 43.9 Å². The number of fused-ring (bicyclic) bond motifs is 1. The van der Waals surface area contributed by atoms with Crippen LogP contribution in [-0.4, -0.2) is 35.8 Å². The van der Waals surface area contributed by atoms with E-state index in [1.807, 2.05) is 50.5 Å². The Bertz CT molecular complexity index is 791. The standard InChI is InChI=1S/C19H22N2O2/c1-20(2)13-21-17-7-5-4-6-15(17)12-18(21)19(22)14-8-10-16(23-3)11-9-14/h4-12,19,22H,13H2,1-3H3. The third-order valence-electron chi connectivity index (χ3n) is 3.98. The number of rotatable bonds is 5. The van der Waals surface area contributed by atoms with Gasteiger partial charge in [-0.15, -0.1) is 0 Å². The molecule has 4 nitrogen and oxygen atoms in total. The van der Waals surface area contributed by atoms with Gasteiger partial charge in [-0.2, -0.15) is 0 Å². The number of para-hydroxylation sites is 1. The van der Waals surface area contributed by atoms with Crippen LogP contribution in [0.4, 0.5) is 0 Å². The van der Waals surface area contributed by atoms with Gasteiger partial charge in [-0.3, -0.25) is 4.90 Å². The first-order chi connectivity index (χ1) is 11.1. The topological polar surface area (TPSA) is 37.6 Å². The van der Waals surface area contributed by atoms with Gasteiger partial charge in [0.25, 0.3) is 0 Å². The second-order valence-corrected chi connectivity index (χ2v) is 5.95. The van der Waals surface area contributed by atoms with Gasteiger partial charge >= 0.3 is 0 Å². The normalized spacial score (nSPS) is 12.7. The lowest BCUT2D eigenvalue weighted by Gasteiger charge is -2.19. The van der Waals surface area contributed by atoms with Crippen molar-refractivity contribution < 1.29 is 9.84 Å². The van der Waals surface area contributed by atoms with Gasteiger partial charge < -0.3 is 14.4 Å². The van der Waals surface area contributed by atoms with Crippen molar-refractivity contribution in [2.75, 3.05) is 21.2 Å². The molecule has 1 N–H and O–H groups in total. The molecule has 0 aliphatic carbocycles. The zero-order chi connectivity index (χ0) is 16.4. The zero-order valence-corrected chi connectivity index (χ0v) is 13.7. The average Bonchev–Trinajstić information content (AvgIpc) is 2.92. The number of benzene rings is 2. The van der Waals surface area contributed by atoms with Crippen LogP contribution in [0.2, 0.25) is 0 Å². The van der Waals surface area contributed by atoms with E-state index in [9.17, 15) is 5.11 Å². The molecular weight excluding hydrogens is 288 g/mol. The second-order valence-electron chi connectivity index (χ2n) is 5.95. The summed E-state index contributed by atoms with van der Waals surface area (Å²) in [7, 11) is 5.69. The molecule has 0 aliphatic heterocycles. The summed E-state index contributed by atoms with van der Waals surface area (Å²) in [4.78, 5) is 2.09. The first-order valence-electron chi connectivity index (χ1n) is 7.65. The predicted octanol–water partition coefficient (Wildman–Crippen LogP) is 3.25. The molecule has 0 fully saturated rings. The Labute approximate surface area is 136 Å². The minimum absolute atomic E-state index is 0.673. The fourth-order valence-electron chi connectivity index (χ4n) is 2.86. The summed E-state index contributed by atoms with van der Waals surface area (Å²) in [6.07, 6.45) is -0.673. The molecule has 0 amide bonds. The number of aliphatic hydroxyl groups is 1. The number of ether oxygens (including phenoxy) is 1. The van der Waals surface area contributed by atoms with Crippen LogP contribution in [0, 0.1) is 0 Å². The molecule has 1 atom stereocenters. The van der Waals surface area contributed by atoms with Crippen molar-refractivity contribution in [3.05, 3.63) is 65.9 Å². The van der Waals surface area contributed by atoms with Crippen LogP contribution < -0.4 is 4.74 Å². The molecule has 2 aromatic carbocycles. The molecule has 4 heteroatoms. The molecule has 3 rings (SSSR count). The predicted molar refractivity (Wildman–Crippen MR) is 92.7 cm³/mol. The number of hydrogen-bond acceptors (Lipinski definition) is 3. The average molecular weight is 310 g/mol. The summed E-state index contributed by atoms with van der Waals surface area (Å²) < 4.78 is 7.34. The molecule has 0 aliphatic rings. The maximum Gasteiger partial charge on any atom is 0.119 e. The summed E-state index contributed by atoms with van der Waals surface area (Å²) in [5, 5.41) is 12.0. The highest BCUT2D eigenvalue weighted by atomic mass is 16.5. The maximum absolute atomic E-state index is 10.9. The molecule has 1 unspecified atom stereocenters. The van der Waals surface area contributed by atoms with E-state index in [0.29, 0.717) is 0 Å². The molecule has 120 valence electrons. The van der Waals surface area contributed by atoms with Crippen LogP contribution in [0.5, 0.6) is 5.75 Å². The van der Waals surface area contributed by atoms with Crippen LogP contribution in [-0.2, 0) is 6.67 Å². The number of aliphatic hydroxyl groups excluding tert-OH is 1. The van der Waals surface area contributed by atoms with Gasteiger partial charge in [0.05, 0.1) is 19.5 Å². The number of hydrogen-bond donors (Lipinski definition) is 1. The fraction of sp³-hybridized carbons (Fsp3) is 0.263. The Morgan fingerprint density at radius 3 is 2.43 bits per heavy atom. The van der Waals surface area contributed by atoms with Gasteiger partial charge in [0.2, 0.25) is 0 Å². The maximum atomic E-state index is 10.9. The number of nitrogens with zero attached hydrogens (tertiary/aromatic N) is 2. The summed E-state index contributed by atoms with van der Waals surface area (Å²) in [6, 6.07) is 17.8. The van der Waals surface area contributed by atoms with Gasteiger partial charge in [-0.1, -0.05) is 30.3 Å². The van der Waals surface area contributed by atoms with Crippen LogP contribution in [0.25, 0.3) is 10.9 Å². The zero-order valence-electron chi connectivity index (χ0n) is 13.7. The van der Waals surface area contributed by atoms with E-state index < -0.39 is 6.10 Å². The highest BCUT2D eigenvalue weighted by Crippen LogP contribution is 2.29. The molecule has 0 saturated heterocycles. The summed E-state index contributed by atoms with van der Waals surface area (Å²) in [6.45, 7) is 0.718. The Hall–Kier alpha value is -2.30. The Kier molecular flexibility index (Phi) is 4.37. The van der Waals surface area contributed by atoms with Gasteiger partial charge in [-0.25, -0.2) is 0 Å². The van der Waals surface area contributed by atoms with Crippen molar-refractivity contribution in [3.8, 4) is 5.75 Å². The van der Waals surface area contributed by atoms with E-state index >= 15 is 0 Å². The molecule has 0 saturated carbocycles. The van der Waals surface area contributed by atoms with E-state index in [4.69, 9.17) is 4.74 Å². The van der Waals surface area contributed by atoms with E-state index in [2.05, 4.69) is 27.7 Å². The number of methoxy groups -OCH3 is 1. The van der Waals surface area contributed by atoms with Crippen molar-refractivity contribution in [1.82, 2.24) is 9.47 Å². The molecule has 1 heterocycles. The molecule has 23 heavy (non-hydrogen) atoms. The van der Waals surface area contributed by atoms with Crippen molar-refractivity contribution in [2.45, 2.75) is 12.8 Å². The quantitative estimate of drug-likeness (QED) is 0.786. The van der Waals surface area contributed by atoms with Crippen LogP contribution in [0.3, 0.4) is 0 Å². The molecule has 0 bridgehead atoms. The monoisotopic (exact) mass is 310 g/mol. The Balaban J connectivity index is 2.06. The fourth-order valence-corrected chi connectivity index (χ4v) is 2.86. The van der Waals surface area contributed by atoms with Crippen molar-refractivity contribution in [2.24, 2.45) is 0 Å². The lowest BCUT2D eigenvalue weighted by molar-refractivity contribution is 0.203. The minimum atomic E-state index is -0.673. The molecule has 0 radical (unpaired) electrons. The van der Waals surface area contributed by atoms with Gasteiger partial charge in [0.15, 0.2) is 0 Å². The minimum Gasteiger partial charge on any atom is -0.497 e. The third kappa shape index (κ3) is 3.09. The highest BCUT2D eigenvalue weighted by molar-refractivity contribution is 5.81. The lowest BCUT2D eigenvalue weighted by atomic mass is 10.1. The van der Waals surface area contributed by atoms with Crippen LogP contribution >= 0.6 is 0 Å². The second kappa shape index (κ2) is 6.44. The lowest BCUT2D eigenvalue weighted by Crippen LogP contribution is -2.19. The van der Waals surface area contributed by atoms with E-state index in [1.54, 1.807) is 7.11 Å². The smallest absolute Gasteiger partial charge is 0.119 e. The molecule has 1 aromatic heterocycles. The molecule has 3 aromatic rings. The van der Waals surface area contributed by atoms with Crippen molar-refractivity contribution in [3.63, 3.8) is 0 Å². The van der Waals surface area contributed by atoms with E-state index in [0.717, 1.165) is 34.6 Å². The number of aromatic nitrogens is 1. The first kappa shape index (κ1) is 15.6. The third-order valence-corrected chi connectivity index (χ3v) is 3.98. The van der Waals surface area contributed by atoms with Crippen LogP contribution in [0.15, 0.2) is 54.6 Å². The SMILES string of the molecule is COc1ccc(C(O)c2cc3ccccc3n2CN(C)C)cc1. The van der Waals surface area contributed by atoms with Gasteiger partial charge in [0.1, 0.15) is 11.9 Å². The molecule has 0 spiro atoms.